The zero-order valence-corrected chi connectivity index (χ0v) is 14.8. The van der Waals surface area contributed by atoms with Gasteiger partial charge in [0.05, 0.1) is 4.21 Å². The highest BCUT2D eigenvalue weighted by atomic mass is 79.9. The van der Waals surface area contributed by atoms with Gasteiger partial charge in [-0.05, 0) is 48.1 Å². The van der Waals surface area contributed by atoms with Crippen LogP contribution >= 0.6 is 39.0 Å². The van der Waals surface area contributed by atoms with Crippen molar-refractivity contribution in [3.8, 4) is 0 Å². The molecule has 0 saturated carbocycles. The molecule has 0 fully saturated rings. The number of hydrogen-bond donors (Lipinski definition) is 1. The van der Waals surface area contributed by atoms with Crippen LogP contribution in [-0.4, -0.2) is 5.25 Å². The van der Waals surface area contributed by atoms with E-state index in [-0.39, 0.29) is 0 Å². The predicted octanol–water partition coefficient (Wildman–Crippen LogP) is 5.79. The smallest absolute Gasteiger partial charge is 0.0649 e. The number of thiophene rings is 1. The van der Waals surface area contributed by atoms with Crippen LogP contribution < -0.4 is 5.32 Å². The molecular weight excluding hydrogens is 350 g/mol. The summed E-state index contributed by atoms with van der Waals surface area (Å²) in [6, 6.07) is 11.7. The van der Waals surface area contributed by atoms with Crippen LogP contribution in [0.3, 0.4) is 0 Å². The monoisotopic (exact) mass is 367 g/mol. The third kappa shape index (κ3) is 3.14. The van der Waals surface area contributed by atoms with Gasteiger partial charge in [0.15, 0.2) is 0 Å². The lowest BCUT2D eigenvalue weighted by atomic mass is 10.0. The van der Waals surface area contributed by atoms with Crippen LogP contribution in [-0.2, 0) is 0 Å². The Morgan fingerprint density at radius 3 is 3.00 bits per heavy atom. The van der Waals surface area contributed by atoms with Crippen molar-refractivity contribution in [3.63, 3.8) is 0 Å². The van der Waals surface area contributed by atoms with Gasteiger partial charge in [0.1, 0.15) is 0 Å². The second-order valence-corrected chi connectivity index (χ2v) is 8.86. The quantitative estimate of drug-likeness (QED) is 0.736. The summed E-state index contributed by atoms with van der Waals surface area (Å²) in [6.45, 7) is 4.58. The minimum Gasteiger partial charge on any atom is -0.303 e. The Bertz CT molecular complexity index is 596. The first kappa shape index (κ1) is 14.6. The highest BCUT2D eigenvalue weighted by Crippen LogP contribution is 2.44. The Labute approximate surface area is 137 Å². The number of hydrogen-bond acceptors (Lipinski definition) is 3. The van der Waals surface area contributed by atoms with Crippen LogP contribution in [0.25, 0.3) is 0 Å². The van der Waals surface area contributed by atoms with Crippen molar-refractivity contribution in [2.24, 2.45) is 0 Å². The second-order valence-electron chi connectivity index (χ2n) is 5.32. The van der Waals surface area contributed by atoms with Crippen LogP contribution in [0.2, 0.25) is 0 Å². The number of nitrogens with one attached hydrogen (secondary N) is 1. The zero-order chi connectivity index (χ0) is 14.1. The molecule has 1 aliphatic heterocycles. The van der Waals surface area contributed by atoms with E-state index in [0.29, 0.717) is 17.3 Å². The molecule has 3 rings (SSSR count). The van der Waals surface area contributed by atoms with Crippen molar-refractivity contribution in [2.45, 2.75) is 41.8 Å². The van der Waals surface area contributed by atoms with E-state index < -0.39 is 0 Å². The molecule has 2 heterocycles. The summed E-state index contributed by atoms with van der Waals surface area (Å²) in [6.07, 6.45) is 1.20. The minimum atomic E-state index is 0.362. The van der Waals surface area contributed by atoms with Crippen molar-refractivity contribution in [1.82, 2.24) is 5.32 Å². The fraction of sp³-hybridized carbons (Fsp3) is 0.375. The fourth-order valence-corrected chi connectivity index (χ4v) is 5.66. The third-order valence-corrected chi connectivity index (χ3v) is 6.55. The Morgan fingerprint density at radius 2 is 2.20 bits per heavy atom. The number of thioether (sulfide) groups is 1. The van der Waals surface area contributed by atoms with Crippen LogP contribution in [0.1, 0.15) is 43.5 Å². The summed E-state index contributed by atoms with van der Waals surface area (Å²) in [5, 5.41) is 6.71. The van der Waals surface area contributed by atoms with Gasteiger partial charge in [-0.2, -0.15) is 0 Å². The van der Waals surface area contributed by atoms with Crippen molar-refractivity contribution in [1.29, 1.82) is 0 Å². The molecule has 106 valence electrons. The molecule has 1 aromatic heterocycles. The van der Waals surface area contributed by atoms with Crippen molar-refractivity contribution in [3.05, 3.63) is 51.3 Å². The first-order valence-corrected chi connectivity index (χ1v) is 9.44. The fourth-order valence-electron chi connectivity index (χ4n) is 2.68. The van der Waals surface area contributed by atoms with E-state index in [0.717, 1.165) is 4.47 Å². The molecule has 0 spiro atoms. The lowest BCUT2D eigenvalue weighted by Crippen LogP contribution is -2.28. The number of benzene rings is 1. The van der Waals surface area contributed by atoms with Gasteiger partial charge < -0.3 is 5.32 Å². The molecule has 0 saturated heterocycles. The summed E-state index contributed by atoms with van der Waals surface area (Å²) in [5.74, 6) is 0. The van der Waals surface area contributed by atoms with Gasteiger partial charge in [-0.3, -0.25) is 0 Å². The minimum absolute atomic E-state index is 0.362. The van der Waals surface area contributed by atoms with Crippen LogP contribution in [0, 0.1) is 0 Å². The predicted molar refractivity (Wildman–Crippen MR) is 92.7 cm³/mol. The van der Waals surface area contributed by atoms with Gasteiger partial charge in [-0.15, -0.1) is 23.1 Å². The molecule has 1 aliphatic rings. The summed E-state index contributed by atoms with van der Waals surface area (Å²) >= 11 is 7.45. The van der Waals surface area contributed by atoms with Gasteiger partial charge >= 0.3 is 0 Å². The van der Waals surface area contributed by atoms with E-state index in [1.54, 1.807) is 0 Å². The topological polar surface area (TPSA) is 12.0 Å². The SMILES string of the molecule is C[C@H](NC1C[C@H](C)Sc2sccc21)c1cccc(Br)c1. The Hall–Kier alpha value is -0.290. The van der Waals surface area contributed by atoms with Crippen molar-refractivity contribution in [2.75, 3.05) is 0 Å². The normalized spacial score (nSPS) is 23.4. The first-order valence-electron chi connectivity index (χ1n) is 6.89. The van der Waals surface area contributed by atoms with E-state index in [4.69, 9.17) is 0 Å². The van der Waals surface area contributed by atoms with Crippen molar-refractivity contribution >= 4 is 39.0 Å². The zero-order valence-electron chi connectivity index (χ0n) is 11.6. The van der Waals surface area contributed by atoms with Crippen LogP contribution in [0.4, 0.5) is 0 Å². The van der Waals surface area contributed by atoms with E-state index in [2.05, 4.69) is 70.8 Å². The molecule has 1 unspecified atom stereocenters. The molecular formula is C16H18BrNS2. The Balaban J connectivity index is 1.78. The molecule has 1 aromatic carbocycles. The molecule has 0 bridgehead atoms. The van der Waals surface area contributed by atoms with E-state index >= 15 is 0 Å². The lowest BCUT2D eigenvalue weighted by molar-refractivity contribution is 0.435. The van der Waals surface area contributed by atoms with Gasteiger partial charge in [-0.1, -0.05) is 35.0 Å². The van der Waals surface area contributed by atoms with Gasteiger partial charge in [0.25, 0.3) is 0 Å². The van der Waals surface area contributed by atoms with Gasteiger partial charge in [0, 0.05) is 21.8 Å². The highest BCUT2D eigenvalue weighted by molar-refractivity contribution is 9.10. The summed E-state index contributed by atoms with van der Waals surface area (Å²) in [7, 11) is 0. The average Bonchev–Trinajstić information content (AvgIpc) is 2.86. The summed E-state index contributed by atoms with van der Waals surface area (Å²) in [5.41, 5.74) is 2.82. The summed E-state index contributed by atoms with van der Waals surface area (Å²) in [4.78, 5) is 0. The average molecular weight is 368 g/mol. The molecule has 1 N–H and O–H groups in total. The largest absolute Gasteiger partial charge is 0.303 e. The number of halogens is 1. The van der Waals surface area contributed by atoms with Crippen LogP contribution in [0.15, 0.2) is 44.4 Å². The van der Waals surface area contributed by atoms with E-state index in [1.807, 2.05) is 23.1 Å². The maximum absolute atomic E-state index is 3.81. The highest BCUT2D eigenvalue weighted by Gasteiger charge is 2.27. The Kier molecular flexibility index (Phi) is 4.55. The van der Waals surface area contributed by atoms with Gasteiger partial charge in [-0.25, -0.2) is 0 Å². The molecule has 20 heavy (non-hydrogen) atoms. The molecule has 1 nitrogen and oxygen atoms in total. The lowest BCUT2D eigenvalue weighted by Gasteiger charge is -2.30. The maximum Gasteiger partial charge on any atom is 0.0649 e. The standard InChI is InChI=1S/C16H18BrNS2/c1-10-8-15(14-6-7-19-16(14)20-10)18-11(2)12-4-3-5-13(17)9-12/h3-7,9-11,15,18H,8H2,1-2H3/t10-,11-,15?/m0/s1. The number of rotatable bonds is 3. The van der Waals surface area contributed by atoms with E-state index in [9.17, 15) is 0 Å². The molecule has 3 atom stereocenters. The molecule has 0 aliphatic carbocycles. The molecule has 0 radical (unpaired) electrons. The van der Waals surface area contributed by atoms with Crippen LogP contribution in [0.5, 0.6) is 0 Å². The second kappa shape index (κ2) is 6.22. The van der Waals surface area contributed by atoms with Gasteiger partial charge in [0.2, 0.25) is 0 Å². The third-order valence-electron chi connectivity index (χ3n) is 3.71. The number of fused-ring (bicyclic) bond motifs is 1. The van der Waals surface area contributed by atoms with E-state index in [1.165, 1.54) is 21.8 Å². The first-order chi connectivity index (χ1) is 9.63. The van der Waals surface area contributed by atoms with Crippen molar-refractivity contribution < 1.29 is 0 Å². The Morgan fingerprint density at radius 1 is 1.35 bits per heavy atom. The molecule has 2 aromatic rings. The summed E-state index contributed by atoms with van der Waals surface area (Å²) < 4.78 is 2.63. The molecule has 0 amide bonds. The maximum atomic E-state index is 3.81. The molecule has 4 heteroatoms.